The first kappa shape index (κ1) is 13.0. The van der Waals surface area contributed by atoms with Crippen LogP contribution in [0, 0.1) is 12.3 Å². The number of hydrogen-bond donors (Lipinski definition) is 0. The maximum atomic E-state index is 11.9. The van der Waals surface area contributed by atoms with E-state index in [1.165, 1.54) is 11.1 Å². The molecule has 0 N–H and O–H groups in total. The van der Waals surface area contributed by atoms with Crippen LogP contribution in [-0.2, 0) is 4.79 Å². The molecular formula is C15H22O. The number of rotatable bonds is 3. The molecule has 0 saturated heterocycles. The van der Waals surface area contributed by atoms with Crippen LogP contribution in [0.5, 0.6) is 0 Å². The third-order valence-electron chi connectivity index (χ3n) is 2.97. The van der Waals surface area contributed by atoms with Crippen LogP contribution in [-0.4, -0.2) is 5.78 Å². The fourth-order valence-corrected chi connectivity index (χ4v) is 1.60. The molecule has 0 fully saturated rings. The second-order valence-corrected chi connectivity index (χ2v) is 5.69. The maximum Gasteiger partial charge on any atom is 0.138 e. The van der Waals surface area contributed by atoms with E-state index in [1.54, 1.807) is 0 Å². The van der Waals surface area contributed by atoms with E-state index >= 15 is 0 Å². The number of aryl methyl sites for hydroxylation is 1. The third kappa shape index (κ3) is 3.48. The van der Waals surface area contributed by atoms with Crippen LogP contribution in [0.25, 0.3) is 0 Å². The predicted octanol–water partition coefficient (Wildman–Crippen LogP) is 4.10. The Morgan fingerprint density at radius 2 is 1.69 bits per heavy atom. The highest BCUT2D eigenvalue weighted by Gasteiger charge is 2.23. The summed E-state index contributed by atoms with van der Waals surface area (Å²) in [5.74, 6) is 0.646. The second-order valence-electron chi connectivity index (χ2n) is 5.69. The van der Waals surface area contributed by atoms with Crippen molar-refractivity contribution in [2.24, 2.45) is 5.41 Å². The molecule has 1 rings (SSSR count). The topological polar surface area (TPSA) is 17.1 Å². The lowest BCUT2D eigenvalue weighted by Crippen LogP contribution is -2.21. The SMILES string of the molecule is Cc1ccc([C@@H](C)CC(=O)C(C)(C)C)cc1. The second kappa shape index (κ2) is 4.82. The first-order valence-electron chi connectivity index (χ1n) is 5.90. The molecule has 0 aliphatic carbocycles. The van der Waals surface area contributed by atoms with E-state index in [0.29, 0.717) is 18.1 Å². The van der Waals surface area contributed by atoms with E-state index in [2.05, 4.69) is 38.1 Å². The molecule has 0 saturated carbocycles. The summed E-state index contributed by atoms with van der Waals surface area (Å²) in [5, 5.41) is 0. The van der Waals surface area contributed by atoms with Gasteiger partial charge in [0.2, 0.25) is 0 Å². The molecule has 1 aromatic carbocycles. The fourth-order valence-electron chi connectivity index (χ4n) is 1.60. The largest absolute Gasteiger partial charge is 0.299 e. The molecule has 0 spiro atoms. The first-order valence-corrected chi connectivity index (χ1v) is 5.90. The minimum absolute atomic E-state index is 0.223. The average molecular weight is 218 g/mol. The molecular weight excluding hydrogens is 196 g/mol. The molecule has 0 aromatic heterocycles. The third-order valence-corrected chi connectivity index (χ3v) is 2.97. The Balaban J connectivity index is 2.69. The standard InChI is InChI=1S/C15H22O/c1-11-6-8-13(9-7-11)12(2)10-14(16)15(3,4)5/h6-9,12H,10H2,1-5H3/t12-/m0/s1. The lowest BCUT2D eigenvalue weighted by Gasteiger charge is -2.20. The molecule has 1 heteroatoms. The number of ketones is 1. The molecule has 0 aliphatic rings. The average Bonchev–Trinajstić information content (AvgIpc) is 2.17. The van der Waals surface area contributed by atoms with Gasteiger partial charge in [0.05, 0.1) is 0 Å². The monoisotopic (exact) mass is 218 g/mol. The summed E-state index contributed by atoms with van der Waals surface area (Å²) < 4.78 is 0. The van der Waals surface area contributed by atoms with Gasteiger partial charge in [-0.2, -0.15) is 0 Å². The molecule has 0 radical (unpaired) electrons. The Morgan fingerprint density at radius 3 is 2.12 bits per heavy atom. The fraction of sp³-hybridized carbons (Fsp3) is 0.533. The van der Waals surface area contributed by atoms with E-state index in [0.717, 1.165) is 0 Å². The van der Waals surface area contributed by atoms with Crippen molar-refractivity contribution in [3.63, 3.8) is 0 Å². The van der Waals surface area contributed by atoms with Crippen LogP contribution in [0.3, 0.4) is 0 Å². The molecule has 88 valence electrons. The van der Waals surface area contributed by atoms with Gasteiger partial charge in [0, 0.05) is 11.8 Å². The van der Waals surface area contributed by atoms with Crippen LogP contribution >= 0.6 is 0 Å². The molecule has 1 atom stereocenters. The van der Waals surface area contributed by atoms with Crippen molar-refractivity contribution in [2.45, 2.75) is 47.0 Å². The van der Waals surface area contributed by atoms with Crippen LogP contribution in [0.4, 0.5) is 0 Å². The minimum Gasteiger partial charge on any atom is -0.299 e. The van der Waals surface area contributed by atoms with Crippen molar-refractivity contribution in [3.05, 3.63) is 35.4 Å². The van der Waals surface area contributed by atoms with Gasteiger partial charge in [-0.15, -0.1) is 0 Å². The van der Waals surface area contributed by atoms with Gasteiger partial charge in [0.25, 0.3) is 0 Å². The van der Waals surface area contributed by atoms with Gasteiger partial charge in [-0.3, -0.25) is 4.79 Å². The van der Waals surface area contributed by atoms with Gasteiger partial charge in [0.1, 0.15) is 5.78 Å². The summed E-state index contributed by atoms with van der Waals surface area (Å²) >= 11 is 0. The van der Waals surface area contributed by atoms with Crippen molar-refractivity contribution in [1.82, 2.24) is 0 Å². The van der Waals surface area contributed by atoms with Crippen molar-refractivity contribution in [3.8, 4) is 0 Å². The molecule has 0 bridgehead atoms. The van der Waals surface area contributed by atoms with Crippen molar-refractivity contribution in [2.75, 3.05) is 0 Å². The van der Waals surface area contributed by atoms with E-state index in [-0.39, 0.29) is 5.41 Å². The van der Waals surface area contributed by atoms with Crippen molar-refractivity contribution in [1.29, 1.82) is 0 Å². The summed E-state index contributed by atoms with van der Waals surface area (Å²) in [6.07, 6.45) is 0.632. The van der Waals surface area contributed by atoms with E-state index in [1.807, 2.05) is 20.8 Å². The number of carbonyl (C=O) groups excluding carboxylic acids is 1. The number of benzene rings is 1. The Labute approximate surface area is 98.9 Å². The van der Waals surface area contributed by atoms with Gasteiger partial charge >= 0.3 is 0 Å². The van der Waals surface area contributed by atoms with Crippen LogP contribution in [0.2, 0.25) is 0 Å². The highest BCUT2D eigenvalue weighted by Crippen LogP contribution is 2.25. The predicted molar refractivity (Wildman–Crippen MR) is 68.7 cm³/mol. The Bertz CT molecular complexity index is 354. The van der Waals surface area contributed by atoms with E-state index < -0.39 is 0 Å². The molecule has 1 aromatic rings. The molecule has 1 nitrogen and oxygen atoms in total. The maximum absolute atomic E-state index is 11.9. The van der Waals surface area contributed by atoms with Crippen LogP contribution in [0.1, 0.15) is 51.2 Å². The first-order chi connectivity index (χ1) is 7.30. The van der Waals surface area contributed by atoms with Crippen LogP contribution in [0.15, 0.2) is 24.3 Å². The molecule has 0 amide bonds. The zero-order valence-corrected chi connectivity index (χ0v) is 11.0. The Morgan fingerprint density at radius 1 is 1.19 bits per heavy atom. The van der Waals surface area contributed by atoms with Gasteiger partial charge < -0.3 is 0 Å². The summed E-state index contributed by atoms with van der Waals surface area (Å²) in [6.45, 7) is 10.1. The summed E-state index contributed by atoms with van der Waals surface area (Å²) in [4.78, 5) is 11.9. The zero-order chi connectivity index (χ0) is 12.3. The lowest BCUT2D eigenvalue weighted by molar-refractivity contribution is -0.126. The van der Waals surface area contributed by atoms with E-state index in [4.69, 9.17) is 0 Å². The summed E-state index contributed by atoms with van der Waals surface area (Å²) in [7, 11) is 0. The van der Waals surface area contributed by atoms with Crippen molar-refractivity contribution < 1.29 is 4.79 Å². The zero-order valence-electron chi connectivity index (χ0n) is 11.0. The number of carbonyl (C=O) groups is 1. The van der Waals surface area contributed by atoms with E-state index in [9.17, 15) is 4.79 Å². The Kier molecular flexibility index (Phi) is 3.90. The minimum atomic E-state index is -0.223. The van der Waals surface area contributed by atoms with Crippen LogP contribution < -0.4 is 0 Å². The molecule has 0 aliphatic heterocycles. The smallest absolute Gasteiger partial charge is 0.138 e. The highest BCUT2D eigenvalue weighted by molar-refractivity contribution is 5.84. The van der Waals surface area contributed by atoms with Crippen molar-refractivity contribution >= 4 is 5.78 Å². The van der Waals surface area contributed by atoms with Gasteiger partial charge in [-0.25, -0.2) is 0 Å². The summed E-state index contributed by atoms with van der Waals surface area (Å²) in [6, 6.07) is 8.45. The summed E-state index contributed by atoms with van der Waals surface area (Å²) in [5.41, 5.74) is 2.29. The quantitative estimate of drug-likeness (QED) is 0.746. The molecule has 0 unspecified atom stereocenters. The number of hydrogen-bond acceptors (Lipinski definition) is 1. The Hall–Kier alpha value is -1.11. The van der Waals surface area contributed by atoms with Gasteiger partial charge in [-0.1, -0.05) is 57.5 Å². The van der Waals surface area contributed by atoms with Gasteiger partial charge in [0.15, 0.2) is 0 Å². The molecule has 16 heavy (non-hydrogen) atoms. The number of Topliss-reactive ketones (excluding diaryl/α,β-unsaturated/α-hetero) is 1. The van der Waals surface area contributed by atoms with Gasteiger partial charge in [-0.05, 0) is 18.4 Å². The molecule has 0 heterocycles. The lowest BCUT2D eigenvalue weighted by atomic mass is 9.83. The normalized spacial score (nSPS) is 13.6. The highest BCUT2D eigenvalue weighted by atomic mass is 16.1.